The normalized spacial score (nSPS) is 12.1. The average Bonchev–Trinajstić information content (AvgIpc) is 2.99. The molecule has 0 aliphatic heterocycles. The van der Waals surface area contributed by atoms with Crippen molar-refractivity contribution in [1.82, 2.24) is 10.3 Å². The summed E-state index contributed by atoms with van der Waals surface area (Å²) in [5.74, 6) is -1.03. The summed E-state index contributed by atoms with van der Waals surface area (Å²) < 4.78 is 5.15. The van der Waals surface area contributed by atoms with Gasteiger partial charge in [-0.25, -0.2) is 4.98 Å². The van der Waals surface area contributed by atoms with Crippen molar-refractivity contribution >= 4 is 23.2 Å². The molecular formula is C11H10N2O4S. The monoisotopic (exact) mass is 266 g/mol. The van der Waals surface area contributed by atoms with Crippen LogP contribution in [0, 0.1) is 0 Å². The van der Waals surface area contributed by atoms with E-state index in [-0.39, 0.29) is 5.69 Å². The molecule has 2 aromatic heterocycles. The quantitative estimate of drug-likeness (QED) is 0.877. The molecule has 0 radical (unpaired) electrons. The van der Waals surface area contributed by atoms with Gasteiger partial charge in [-0.2, -0.15) is 0 Å². The second-order valence-corrected chi connectivity index (χ2v) is 4.41. The topological polar surface area (TPSA) is 92.4 Å². The highest BCUT2D eigenvalue weighted by atomic mass is 32.1. The molecule has 18 heavy (non-hydrogen) atoms. The summed E-state index contributed by atoms with van der Waals surface area (Å²) in [6.07, 6.45) is 1.52. The van der Waals surface area contributed by atoms with Crippen LogP contribution in [0.1, 0.15) is 17.4 Å². The van der Waals surface area contributed by atoms with Gasteiger partial charge in [0.15, 0.2) is 10.8 Å². The molecule has 0 saturated heterocycles. The first-order chi connectivity index (χ1) is 8.58. The van der Waals surface area contributed by atoms with Gasteiger partial charge in [0, 0.05) is 5.38 Å². The number of aliphatic carboxylic acids is 1. The highest BCUT2D eigenvalue weighted by molar-refractivity contribution is 7.13. The fourth-order valence-electron chi connectivity index (χ4n) is 1.22. The Morgan fingerprint density at radius 3 is 2.94 bits per heavy atom. The Labute approximate surface area is 106 Å². The molecule has 1 amide bonds. The Morgan fingerprint density at radius 1 is 1.56 bits per heavy atom. The molecule has 0 spiro atoms. The van der Waals surface area contributed by atoms with Gasteiger partial charge in [0.2, 0.25) is 0 Å². The van der Waals surface area contributed by atoms with E-state index in [1.54, 1.807) is 17.5 Å². The van der Waals surface area contributed by atoms with Gasteiger partial charge >= 0.3 is 5.97 Å². The van der Waals surface area contributed by atoms with E-state index in [4.69, 9.17) is 9.52 Å². The van der Waals surface area contributed by atoms with Gasteiger partial charge in [-0.05, 0) is 19.1 Å². The molecule has 0 aliphatic rings. The number of carboxylic acid groups (broad SMARTS) is 1. The number of nitrogens with zero attached hydrogens (tertiary/aromatic N) is 1. The Hall–Kier alpha value is -2.15. The van der Waals surface area contributed by atoms with Gasteiger partial charge < -0.3 is 14.8 Å². The maximum absolute atomic E-state index is 11.7. The summed E-state index contributed by atoms with van der Waals surface area (Å²) in [7, 11) is 0. The first-order valence-corrected chi connectivity index (χ1v) is 5.99. The van der Waals surface area contributed by atoms with Crippen molar-refractivity contribution in [2.45, 2.75) is 13.0 Å². The molecule has 2 heterocycles. The summed E-state index contributed by atoms with van der Waals surface area (Å²) in [6, 6.07) is 2.51. The Bertz CT molecular complexity index is 561. The molecule has 0 aliphatic carbocycles. The predicted molar refractivity (Wildman–Crippen MR) is 64.4 cm³/mol. The highest BCUT2D eigenvalue weighted by Gasteiger charge is 2.18. The van der Waals surface area contributed by atoms with Crippen molar-refractivity contribution in [3.05, 3.63) is 29.5 Å². The lowest BCUT2D eigenvalue weighted by Crippen LogP contribution is -2.38. The Kier molecular flexibility index (Phi) is 3.42. The minimum absolute atomic E-state index is 0.180. The maximum atomic E-state index is 11.7. The largest absolute Gasteiger partial charge is 0.480 e. The molecular weight excluding hydrogens is 256 g/mol. The van der Waals surface area contributed by atoms with E-state index in [2.05, 4.69) is 10.3 Å². The fourth-order valence-corrected chi connectivity index (χ4v) is 1.99. The predicted octanol–water partition coefficient (Wildman–Crippen LogP) is 1.61. The molecule has 1 atom stereocenters. The number of hydrogen-bond acceptors (Lipinski definition) is 5. The van der Waals surface area contributed by atoms with Crippen LogP contribution >= 0.6 is 11.3 Å². The van der Waals surface area contributed by atoms with Gasteiger partial charge in [-0.3, -0.25) is 9.59 Å². The Balaban J connectivity index is 2.11. The van der Waals surface area contributed by atoms with Crippen LogP contribution < -0.4 is 5.32 Å². The van der Waals surface area contributed by atoms with E-state index >= 15 is 0 Å². The van der Waals surface area contributed by atoms with E-state index in [1.165, 1.54) is 24.5 Å². The zero-order chi connectivity index (χ0) is 13.1. The van der Waals surface area contributed by atoms with Crippen LogP contribution in [0.15, 0.2) is 28.2 Å². The maximum Gasteiger partial charge on any atom is 0.325 e. The average molecular weight is 266 g/mol. The lowest BCUT2D eigenvalue weighted by Gasteiger charge is -2.06. The summed E-state index contributed by atoms with van der Waals surface area (Å²) in [5.41, 5.74) is 0.180. The van der Waals surface area contributed by atoms with Crippen molar-refractivity contribution in [3.8, 4) is 10.8 Å². The zero-order valence-corrected chi connectivity index (χ0v) is 10.2. The number of furan rings is 1. The first-order valence-electron chi connectivity index (χ1n) is 5.11. The van der Waals surface area contributed by atoms with Crippen molar-refractivity contribution in [2.75, 3.05) is 0 Å². The van der Waals surface area contributed by atoms with Crippen LogP contribution in [0.25, 0.3) is 10.8 Å². The molecule has 2 aromatic rings. The molecule has 0 aromatic carbocycles. The number of amides is 1. The molecule has 7 heteroatoms. The van der Waals surface area contributed by atoms with Crippen LogP contribution in [-0.2, 0) is 4.79 Å². The number of thiazole rings is 1. The highest BCUT2D eigenvalue weighted by Crippen LogP contribution is 2.23. The third kappa shape index (κ3) is 2.57. The van der Waals surface area contributed by atoms with Crippen molar-refractivity contribution in [3.63, 3.8) is 0 Å². The van der Waals surface area contributed by atoms with E-state index in [0.717, 1.165) is 0 Å². The molecule has 6 nitrogen and oxygen atoms in total. The van der Waals surface area contributed by atoms with Crippen LogP contribution in [0.2, 0.25) is 0 Å². The molecule has 1 unspecified atom stereocenters. The second kappa shape index (κ2) is 5.01. The zero-order valence-electron chi connectivity index (χ0n) is 9.41. The third-order valence-electron chi connectivity index (χ3n) is 2.19. The van der Waals surface area contributed by atoms with Crippen molar-refractivity contribution in [2.24, 2.45) is 0 Å². The molecule has 2 rings (SSSR count). The van der Waals surface area contributed by atoms with E-state index in [1.807, 2.05) is 0 Å². The van der Waals surface area contributed by atoms with Crippen LogP contribution in [0.3, 0.4) is 0 Å². The number of carboxylic acids is 1. The molecule has 0 bridgehead atoms. The van der Waals surface area contributed by atoms with Gasteiger partial charge in [-0.1, -0.05) is 0 Å². The molecule has 0 fully saturated rings. The fraction of sp³-hybridized carbons (Fsp3) is 0.182. The lowest BCUT2D eigenvalue weighted by atomic mass is 10.3. The molecule has 0 saturated carbocycles. The number of carbonyl (C=O) groups excluding carboxylic acids is 1. The van der Waals surface area contributed by atoms with Crippen LogP contribution in [0.5, 0.6) is 0 Å². The summed E-state index contributed by atoms with van der Waals surface area (Å²) in [6.45, 7) is 1.39. The summed E-state index contributed by atoms with van der Waals surface area (Å²) >= 11 is 1.26. The minimum atomic E-state index is -1.09. The number of nitrogens with one attached hydrogen (secondary N) is 1. The number of hydrogen-bond donors (Lipinski definition) is 2. The van der Waals surface area contributed by atoms with Crippen LogP contribution in [-0.4, -0.2) is 28.0 Å². The van der Waals surface area contributed by atoms with Gasteiger partial charge in [0.05, 0.1) is 6.26 Å². The van der Waals surface area contributed by atoms with Gasteiger partial charge in [-0.15, -0.1) is 11.3 Å². The van der Waals surface area contributed by atoms with E-state index < -0.39 is 17.9 Å². The summed E-state index contributed by atoms with van der Waals surface area (Å²) in [5, 5.41) is 13.1. The lowest BCUT2D eigenvalue weighted by molar-refractivity contribution is -0.138. The Morgan fingerprint density at radius 2 is 2.33 bits per heavy atom. The minimum Gasteiger partial charge on any atom is -0.480 e. The number of aromatic nitrogens is 1. The molecule has 2 N–H and O–H groups in total. The van der Waals surface area contributed by atoms with Crippen LogP contribution in [0.4, 0.5) is 0 Å². The number of rotatable bonds is 4. The van der Waals surface area contributed by atoms with E-state index in [9.17, 15) is 9.59 Å². The first kappa shape index (κ1) is 12.3. The summed E-state index contributed by atoms with van der Waals surface area (Å²) in [4.78, 5) is 26.4. The number of carbonyl (C=O) groups is 2. The smallest absolute Gasteiger partial charge is 0.325 e. The third-order valence-corrected chi connectivity index (χ3v) is 3.04. The van der Waals surface area contributed by atoms with Gasteiger partial charge in [0.25, 0.3) is 5.91 Å². The van der Waals surface area contributed by atoms with Gasteiger partial charge in [0.1, 0.15) is 11.7 Å². The van der Waals surface area contributed by atoms with Crippen molar-refractivity contribution in [1.29, 1.82) is 0 Å². The van der Waals surface area contributed by atoms with E-state index in [0.29, 0.717) is 10.8 Å². The molecule has 94 valence electrons. The standard InChI is InChI=1S/C11H10N2O4S/c1-6(11(15)16)12-9(14)7-5-18-10(13-7)8-3-2-4-17-8/h2-6H,1H3,(H,12,14)(H,15,16). The SMILES string of the molecule is CC(NC(=O)c1csc(-c2ccco2)n1)C(=O)O. The van der Waals surface area contributed by atoms with Crippen molar-refractivity contribution < 1.29 is 19.1 Å². The second-order valence-electron chi connectivity index (χ2n) is 3.55.